The Morgan fingerprint density at radius 1 is 1.33 bits per heavy atom. The number of guanidine groups is 1. The lowest BCUT2D eigenvalue weighted by atomic mass is 10.0. The molecule has 0 amide bonds. The molecule has 1 atom stereocenters. The van der Waals surface area contributed by atoms with Crippen LogP contribution in [-0.2, 0) is 6.54 Å². The molecular weight excluding hydrogens is 318 g/mol. The van der Waals surface area contributed by atoms with Crippen molar-refractivity contribution in [1.82, 2.24) is 20.5 Å². The fraction of sp³-hybridized carbons (Fsp3) is 0.556. The summed E-state index contributed by atoms with van der Waals surface area (Å²) in [5.74, 6) is 1.31. The summed E-state index contributed by atoms with van der Waals surface area (Å²) in [4.78, 5) is 12.3. The Morgan fingerprint density at radius 2 is 2.00 bits per heavy atom. The Bertz CT molecular complexity index is 525. The maximum atomic E-state index is 4.37. The van der Waals surface area contributed by atoms with E-state index in [9.17, 15) is 0 Å². The van der Waals surface area contributed by atoms with Gasteiger partial charge in [0.15, 0.2) is 5.96 Å². The highest BCUT2D eigenvalue weighted by Gasteiger charge is 2.20. The molecule has 0 radical (unpaired) electrons. The highest BCUT2D eigenvalue weighted by atomic mass is 32.1. The van der Waals surface area contributed by atoms with E-state index in [0.29, 0.717) is 18.5 Å². The van der Waals surface area contributed by atoms with E-state index < -0.39 is 0 Å². The van der Waals surface area contributed by atoms with E-state index in [1.807, 2.05) is 18.3 Å². The van der Waals surface area contributed by atoms with E-state index >= 15 is 0 Å². The van der Waals surface area contributed by atoms with Gasteiger partial charge in [0.05, 0.1) is 6.54 Å². The van der Waals surface area contributed by atoms with Crippen LogP contribution < -0.4 is 10.6 Å². The van der Waals surface area contributed by atoms with Gasteiger partial charge in [0, 0.05) is 43.8 Å². The molecule has 1 aromatic heterocycles. The lowest BCUT2D eigenvalue weighted by molar-refractivity contribution is 0.190. The molecule has 0 saturated heterocycles. The van der Waals surface area contributed by atoms with Crippen molar-refractivity contribution >= 4 is 17.3 Å². The Morgan fingerprint density at radius 3 is 2.46 bits per heavy atom. The highest BCUT2D eigenvalue weighted by molar-refractivity contribution is 7.11. The molecule has 5 nitrogen and oxygen atoms in total. The molecule has 0 saturated carbocycles. The summed E-state index contributed by atoms with van der Waals surface area (Å²) in [6.07, 6.45) is 5.78. The van der Waals surface area contributed by atoms with Crippen molar-refractivity contribution in [2.45, 2.75) is 33.4 Å². The first-order valence-electron chi connectivity index (χ1n) is 8.33. The minimum absolute atomic E-state index is 0.377. The Kier molecular flexibility index (Phi) is 9.34. The van der Waals surface area contributed by atoms with Crippen LogP contribution in [0.4, 0.5) is 0 Å². The molecule has 134 valence electrons. The van der Waals surface area contributed by atoms with Gasteiger partial charge >= 0.3 is 0 Å². The number of hydrogen-bond donors (Lipinski definition) is 2. The number of nitrogens with one attached hydrogen (secondary N) is 2. The van der Waals surface area contributed by atoms with Gasteiger partial charge in [0.25, 0.3) is 0 Å². The van der Waals surface area contributed by atoms with Crippen LogP contribution in [0.2, 0.25) is 0 Å². The van der Waals surface area contributed by atoms with Gasteiger partial charge in [-0.3, -0.25) is 9.89 Å². The van der Waals surface area contributed by atoms with E-state index in [0.717, 1.165) is 30.6 Å². The first-order chi connectivity index (χ1) is 11.5. The van der Waals surface area contributed by atoms with Crippen molar-refractivity contribution in [2.75, 3.05) is 26.7 Å². The average molecular weight is 350 g/mol. The van der Waals surface area contributed by atoms with Crippen LogP contribution in [0.15, 0.2) is 36.5 Å². The van der Waals surface area contributed by atoms with Gasteiger partial charge in [-0.25, -0.2) is 4.98 Å². The lowest BCUT2D eigenvalue weighted by Gasteiger charge is -2.33. The fourth-order valence-corrected chi connectivity index (χ4v) is 3.25. The third kappa shape index (κ3) is 6.84. The SMILES string of the molecule is C=CCN(CC=C)C(CNC(=NC)NCc1ncc(C)s1)C(C)C. The maximum absolute atomic E-state index is 4.37. The molecule has 1 unspecified atom stereocenters. The predicted octanol–water partition coefficient (Wildman–Crippen LogP) is 2.82. The van der Waals surface area contributed by atoms with Gasteiger partial charge in [-0.1, -0.05) is 26.0 Å². The van der Waals surface area contributed by atoms with Crippen LogP contribution in [0.5, 0.6) is 0 Å². The molecule has 0 bridgehead atoms. The summed E-state index contributed by atoms with van der Waals surface area (Å²) < 4.78 is 0. The fourth-order valence-electron chi connectivity index (χ4n) is 2.53. The second-order valence-corrected chi connectivity index (χ2v) is 7.33. The Hall–Kier alpha value is -1.66. The number of aliphatic imine (C=N–C) groups is 1. The van der Waals surface area contributed by atoms with Crippen LogP contribution in [0.25, 0.3) is 0 Å². The molecule has 0 aliphatic heterocycles. The van der Waals surface area contributed by atoms with Gasteiger partial charge in [0.1, 0.15) is 5.01 Å². The van der Waals surface area contributed by atoms with E-state index in [2.05, 4.69) is 59.4 Å². The van der Waals surface area contributed by atoms with Crippen LogP contribution in [-0.4, -0.2) is 48.6 Å². The number of aromatic nitrogens is 1. The van der Waals surface area contributed by atoms with Gasteiger partial charge < -0.3 is 10.6 Å². The number of aryl methyl sites for hydroxylation is 1. The van der Waals surface area contributed by atoms with Crippen molar-refractivity contribution in [2.24, 2.45) is 10.9 Å². The zero-order valence-electron chi connectivity index (χ0n) is 15.4. The quantitative estimate of drug-likeness (QED) is 0.387. The van der Waals surface area contributed by atoms with Crippen LogP contribution in [0, 0.1) is 12.8 Å². The smallest absolute Gasteiger partial charge is 0.191 e. The monoisotopic (exact) mass is 349 g/mol. The molecule has 1 heterocycles. The van der Waals surface area contributed by atoms with E-state index in [-0.39, 0.29) is 0 Å². The lowest BCUT2D eigenvalue weighted by Crippen LogP contribution is -2.49. The second kappa shape index (κ2) is 11.0. The van der Waals surface area contributed by atoms with Gasteiger partial charge in [-0.05, 0) is 12.8 Å². The topological polar surface area (TPSA) is 52.5 Å². The highest BCUT2D eigenvalue weighted by Crippen LogP contribution is 2.11. The van der Waals surface area contributed by atoms with Crippen molar-refractivity contribution in [3.8, 4) is 0 Å². The molecule has 1 rings (SSSR count). The third-order valence-electron chi connectivity index (χ3n) is 3.74. The average Bonchev–Trinajstić information content (AvgIpc) is 2.96. The molecule has 2 N–H and O–H groups in total. The van der Waals surface area contributed by atoms with Gasteiger partial charge in [0.2, 0.25) is 0 Å². The maximum Gasteiger partial charge on any atom is 0.191 e. The summed E-state index contributed by atoms with van der Waals surface area (Å²) in [5.41, 5.74) is 0. The molecule has 6 heteroatoms. The molecular formula is C18H31N5S. The largest absolute Gasteiger partial charge is 0.355 e. The van der Waals surface area contributed by atoms with Crippen LogP contribution >= 0.6 is 11.3 Å². The van der Waals surface area contributed by atoms with Gasteiger partial charge in [-0.2, -0.15) is 0 Å². The molecule has 1 aromatic rings. The van der Waals surface area contributed by atoms with Gasteiger partial charge in [-0.15, -0.1) is 24.5 Å². The minimum Gasteiger partial charge on any atom is -0.355 e. The zero-order chi connectivity index (χ0) is 17.9. The first-order valence-corrected chi connectivity index (χ1v) is 9.15. The summed E-state index contributed by atoms with van der Waals surface area (Å²) in [6, 6.07) is 0.377. The molecule has 0 aliphatic rings. The summed E-state index contributed by atoms with van der Waals surface area (Å²) in [6.45, 7) is 17.5. The van der Waals surface area contributed by atoms with E-state index in [1.165, 1.54) is 4.88 Å². The predicted molar refractivity (Wildman–Crippen MR) is 106 cm³/mol. The van der Waals surface area contributed by atoms with Crippen molar-refractivity contribution in [3.05, 3.63) is 41.4 Å². The Balaban J connectivity index is 2.59. The van der Waals surface area contributed by atoms with E-state index in [1.54, 1.807) is 18.4 Å². The number of rotatable bonds is 10. The molecule has 0 fully saturated rings. The Labute approximate surface area is 150 Å². The van der Waals surface area contributed by atoms with Crippen molar-refractivity contribution < 1.29 is 0 Å². The number of thiazole rings is 1. The number of nitrogens with zero attached hydrogens (tertiary/aromatic N) is 3. The second-order valence-electron chi connectivity index (χ2n) is 6.01. The van der Waals surface area contributed by atoms with Crippen molar-refractivity contribution in [3.63, 3.8) is 0 Å². The zero-order valence-corrected chi connectivity index (χ0v) is 16.2. The molecule has 0 aromatic carbocycles. The normalized spacial score (nSPS) is 13.2. The molecule has 0 aliphatic carbocycles. The van der Waals surface area contributed by atoms with E-state index in [4.69, 9.17) is 0 Å². The summed E-state index contributed by atoms with van der Waals surface area (Å²) in [5, 5.41) is 7.82. The van der Waals surface area contributed by atoms with Crippen LogP contribution in [0.1, 0.15) is 23.7 Å². The molecule has 0 spiro atoms. The molecule has 24 heavy (non-hydrogen) atoms. The third-order valence-corrected chi connectivity index (χ3v) is 4.66. The standard InChI is InChI=1S/C18H31N5S/c1-7-9-23(10-8-2)16(14(3)4)12-21-18(19-6)22-13-17-20-11-15(5)24-17/h7-8,11,14,16H,1-2,9-10,12-13H2,3-6H3,(H2,19,21,22). The minimum atomic E-state index is 0.377. The summed E-state index contributed by atoms with van der Waals surface area (Å²) >= 11 is 1.70. The van der Waals surface area contributed by atoms with Crippen LogP contribution in [0.3, 0.4) is 0 Å². The first kappa shape index (κ1) is 20.4. The number of hydrogen-bond acceptors (Lipinski definition) is 4. The van der Waals surface area contributed by atoms with Crippen molar-refractivity contribution in [1.29, 1.82) is 0 Å². The summed E-state index contributed by atoms with van der Waals surface area (Å²) in [7, 11) is 1.79.